The minimum absolute atomic E-state index is 0.0217. The second-order valence-corrected chi connectivity index (χ2v) is 8.70. The van der Waals surface area contributed by atoms with Gasteiger partial charge in [0.25, 0.3) is 5.91 Å². The van der Waals surface area contributed by atoms with Crippen molar-refractivity contribution in [1.29, 1.82) is 0 Å². The van der Waals surface area contributed by atoms with Crippen molar-refractivity contribution in [1.82, 2.24) is 4.90 Å². The lowest BCUT2D eigenvalue weighted by atomic mass is 9.81. The number of carbonyl (C=O) groups excluding carboxylic acids is 4. The van der Waals surface area contributed by atoms with Crippen molar-refractivity contribution < 1.29 is 23.9 Å². The molecule has 2 aromatic rings. The first-order valence-electron chi connectivity index (χ1n) is 10.8. The van der Waals surface area contributed by atoms with Crippen molar-refractivity contribution in [3.8, 4) is 0 Å². The lowest BCUT2D eigenvalue weighted by molar-refractivity contribution is -0.149. The van der Waals surface area contributed by atoms with Gasteiger partial charge in [0.15, 0.2) is 6.61 Å². The number of benzene rings is 2. The lowest BCUT2D eigenvalue weighted by Crippen LogP contribution is -2.35. The van der Waals surface area contributed by atoms with Gasteiger partial charge in [-0.15, -0.1) is 0 Å². The quantitative estimate of drug-likeness (QED) is 0.573. The molecule has 2 aliphatic carbocycles. The minimum atomic E-state index is -0.603. The maximum atomic E-state index is 12.7. The third kappa shape index (κ3) is 3.48. The first-order valence-corrected chi connectivity index (χ1v) is 10.8. The average molecular weight is 420 g/mol. The van der Waals surface area contributed by atoms with Crippen molar-refractivity contribution in [2.75, 3.05) is 18.5 Å². The van der Waals surface area contributed by atoms with Crippen LogP contribution in [-0.2, 0) is 23.9 Å². The number of hydrogen-bond donors (Lipinski definition) is 1. The van der Waals surface area contributed by atoms with Crippen LogP contribution < -0.4 is 5.32 Å². The van der Waals surface area contributed by atoms with Gasteiger partial charge in [0.05, 0.1) is 18.3 Å². The summed E-state index contributed by atoms with van der Waals surface area (Å²) >= 11 is 0. The molecule has 1 heterocycles. The minimum Gasteiger partial charge on any atom is -0.456 e. The SMILES string of the molecule is O=C(COC(=O)CCN1C(=O)[C@H]2[C@H]3CC[C@@H](C3)[C@@H]2C1=O)Nc1cccc2ccccc12. The van der Waals surface area contributed by atoms with Crippen LogP contribution in [0.25, 0.3) is 10.8 Å². The number of rotatable bonds is 6. The highest BCUT2D eigenvalue weighted by molar-refractivity contribution is 6.06. The van der Waals surface area contributed by atoms with Gasteiger partial charge in [0.2, 0.25) is 11.8 Å². The van der Waals surface area contributed by atoms with E-state index in [1.807, 2.05) is 36.4 Å². The molecule has 1 saturated heterocycles. The van der Waals surface area contributed by atoms with E-state index in [1.54, 1.807) is 6.07 Å². The van der Waals surface area contributed by atoms with E-state index < -0.39 is 18.5 Å². The van der Waals surface area contributed by atoms with E-state index in [1.165, 1.54) is 4.90 Å². The Morgan fingerprint density at radius 1 is 0.968 bits per heavy atom. The first-order chi connectivity index (χ1) is 15.0. The van der Waals surface area contributed by atoms with Gasteiger partial charge in [-0.3, -0.25) is 24.1 Å². The highest BCUT2D eigenvalue weighted by atomic mass is 16.5. The largest absolute Gasteiger partial charge is 0.456 e. The molecule has 0 spiro atoms. The molecule has 7 heteroatoms. The summed E-state index contributed by atoms with van der Waals surface area (Å²) in [6.07, 6.45) is 2.92. The molecule has 5 rings (SSSR count). The zero-order chi connectivity index (χ0) is 21.5. The van der Waals surface area contributed by atoms with Gasteiger partial charge in [-0.25, -0.2) is 0 Å². The highest BCUT2D eigenvalue weighted by Gasteiger charge is 2.60. The molecule has 7 nitrogen and oxygen atoms in total. The number of likely N-dealkylation sites (tertiary alicyclic amines) is 1. The topological polar surface area (TPSA) is 92.8 Å². The lowest BCUT2D eigenvalue weighted by Gasteiger charge is -2.19. The van der Waals surface area contributed by atoms with Gasteiger partial charge in [0, 0.05) is 17.6 Å². The van der Waals surface area contributed by atoms with Crippen molar-refractivity contribution >= 4 is 40.2 Å². The van der Waals surface area contributed by atoms with Crippen LogP contribution >= 0.6 is 0 Å². The summed E-state index contributed by atoms with van der Waals surface area (Å²) in [5, 5.41) is 4.65. The third-order valence-corrected chi connectivity index (χ3v) is 6.99. The Balaban J connectivity index is 1.12. The molecule has 1 N–H and O–H groups in total. The highest BCUT2D eigenvalue weighted by Crippen LogP contribution is 2.56. The third-order valence-electron chi connectivity index (χ3n) is 6.99. The molecule has 4 atom stereocenters. The number of ether oxygens (including phenoxy) is 1. The van der Waals surface area contributed by atoms with Crippen molar-refractivity contribution in [3.05, 3.63) is 42.5 Å². The van der Waals surface area contributed by atoms with Crippen LogP contribution in [0.15, 0.2) is 42.5 Å². The summed E-state index contributed by atoms with van der Waals surface area (Å²) in [7, 11) is 0. The van der Waals surface area contributed by atoms with E-state index in [-0.39, 0.29) is 36.6 Å². The number of nitrogens with zero attached hydrogens (tertiary/aromatic N) is 1. The Hall–Kier alpha value is -3.22. The molecule has 3 aliphatic rings. The van der Waals surface area contributed by atoms with Gasteiger partial charge in [-0.05, 0) is 42.6 Å². The number of hydrogen-bond acceptors (Lipinski definition) is 5. The Morgan fingerprint density at radius 3 is 2.39 bits per heavy atom. The van der Waals surface area contributed by atoms with Gasteiger partial charge in [-0.1, -0.05) is 36.4 Å². The zero-order valence-corrected chi connectivity index (χ0v) is 17.1. The normalized spacial score (nSPS) is 26.4. The van der Waals surface area contributed by atoms with E-state index in [0.29, 0.717) is 17.5 Å². The van der Waals surface area contributed by atoms with Crippen LogP contribution in [0.2, 0.25) is 0 Å². The zero-order valence-electron chi connectivity index (χ0n) is 17.1. The Morgan fingerprint density at radius 2 is 1.65 bits per heavy atom. The van der Waals surface area contributed by atoms with Gasteiger partial charge in [-0.2, -0.15) is 0 Å². The second kappa shape index (κ2) is 7.80. The molecule has 0 radical (unpaired) electrons. The van der Waals surface area contributed by atoms with Gasteiger partial charge < -0.3 is 10.1 Å². The van der Waals surface area contributed by atoms with E-state index in [9.17, 15) is 19.2 Å². The summed E-state index contributed by atoms with van der Waals surface area (Å²) in [6.45, 7) is -0.396. The molecule has 1 aliphatic heterocycles. The first kappa shape index (κ1) is 19.7. The summed E-state index contributed by atoms with van der Waals surface area (Å²) in [5.74, 6) is -1.05. The van der Waals surface area contributed by atoms with Crippen LogP contribution in [0.4, 0.5) is 5.69 Å². The molecule has 31 heavy (non-hydrogen) atoms. The molecule has 2 aromatic carbocycles. The van der Waals surface area contributed by atoms with E-state index in [2.05, 4.69) is 5.32 Å². The number of nitrogens with one attached hydrogen (secondary N) is 1. The number of imide groups is 1. The summed E-state index contributed by atoms with van der Waals surface area (Å²) in [6, 6.07) is 13.2. The van der Waals surface area contributed by atoms with E-state index >= 15 is 0 Å². The maximum absolute atomic E-state index is 12.7. The number of esters is 1. The molecular formula is C24H24N2O5. The fraction of sp³-hybridized carbons (Fsp3) is 0.417. The summed E-state index contributed by atoms with van der Waals surface area (Å²) in [4.78, 5) is 50.9. The van der Waals surface area contributed by atoms with Crippen LogP contribution in [0.1, 0.15) is 25.7 Å². The van der Waals surface area contributed by atoms with Crippen LogP contribution in [-0.4, -0.2) is 41.7 Å². The number of fused-ring (bicyclic) bond motifs is 6. The molecule has 0 aromatic heterocycles. The predicted octanol–water partition coefficient (Wildman–Crippen LogP) is 2.74. The average Bonchev–Trinajstić information content (AvgIpc) is 3.45. The molecule has 0 unspecified atom stereocenters. The number of anilines is 1. The smallest absolute Gasteiger partial charge is 0.308 e. The fourth-order valence-corrected chi connectivity index (χ4v) is 5.63. The van der Waals surface area contributed by atoms with Crippen LogP contribution in [0.5, 0.6) is 0 Å². The second-order valence-electron chi connectivity index (χ2n) is 8.70. The molecule has 2 bridgehead atoms. The maximum Gasteiger partial charge on any atom is 0.308 e. The van der Waals surface area contributed by atoms with Gasteiger partial charge in [0.1, 0.15) is 0 Å². The fourth-order valence-electron chi connectivity index (χ4n) is 5.63. The Labute approximate surface area is 179 Å². The monoisotopic (exact) mass is 420 g/mol. The Bertz CT molecular complexity index is 1050. The van der Waals surface area contributed by atoms with Crippen LogP contribution in [0, 0.1) is 23.7 Å². The Kier molecular flexibility index (Phi) is 4.96. The van der Waals surface area contributed by atoms with Crippen LogP contribution in [0.3, 0.4) is 0 Å². The number of amides is 3. The predicted molar refractivity (Wildman–Crippen MR) is 113 cm³/mol. The van der Waals surface area contributed by atoms with E-state index in [4.69, 9.17) is 4.74 Å². The summed E-state index contributed by atoms with van der Waals surface area (Å²) < 4.78 is 5.07. The number of carbonyl (C=O) groups is 4. The molecule has 160 valence electrons. The molecule has 3 amide bonds. The summed E-state index contributed by atoms with van der Waals surface area (Å²) in [5.41, 5.74) is 0.647. The molecular weight excluding hydrogens is 396 g/mol. The molecule has 2 saturated carbocycles. The molecule has 3 fully saturated rings. The standard InChI is InChI=1S/C24H24N2O5/c27-19(25-18-7-3-5-14-4-1-2-6-17(14)18)13-31-20(28)10-11-26-23(29)21-15-8-9-16(12-15)22(21)24(26)30/h1-7,15-16,21-22H,8-13H2,(H,25,27)/t15-,16-,21-,22-/m0/s1. The van der Waals surface area contributed by atoms with E-state index in [0.717, 1.165) is 30.0 Å². The van der Waals surface area contributed by atoms with Gasteiger partial charge >= 0.3 is 5.97 Å². The van der Waals surface area contributed by atoms with Crippen molar-refractivity contribution in [2.45, 2.75) is 25.7 Å². The van der Waals surface area contributed by atoms with Crippen molar-refractivity contribution in [2.24, 2.45) is 23.7 Å². The van der Waals surface area contributed by atoms with Crippen molar-refractivity contribution in [3.63, 3.8) is 0 Å².